The first-order chi connectivity index (χ1) is 14.4. The van der Waals surface area contributed by atoms with Crippen LogP contribution in [0.4, 0.5) is 0 Å². The number of hydrogen-bond acceptors (Lipinski definition) is 6. The van der Waals surface area contributed by atoms with Crippen LogP contribution in [0.3, 0.4) is 0 Å². The van der Waals surface area contributed by atoms with Gasteiger partial charge in [0, 0.05) is 31.7 Å². The molecule has 30 heavy (non-hydrogen) atoms. The smallest absolute Gasteiger partial charge is 0.260 e. The molecular formula is C21H24N2O6S. The maximum Gasteiger partial charge on any atom is 0.260 e. The van der Waals surface area contributed by atoms with E-state index in [1.807, 2.05) is 18.2 Å². The summed E-state index contributed by atoms with van der Waals surface area (Å²) in [5.74, 6) is 0.433. The monoisotopic (exact) mass is 432 g/mol. The molecule has 1 saturated heterocycles. The highest BCUT2D eigenvalue weighted by atomic mass is 32.2. The van der Waals surface area contributed by atoms with E-state index in [0.29, 0.717) is 36.4 Å². The Balaban J connectivity index is 1.52. The van der Waals surface area contributed by atoms with Gasteiger partial charge in [-0.3, -0.25) is 9.59 Å². The molecule has 2 aromatic rings. The van der Waals surface area contributed by atoms with Gasteiger partial charge in [0.1, 0.15) is 6.29 Å². The van der Waals surface area contributed by atoms with Crippen molar-refractivity contribution in [3.63, 3.8) is 0 Å². The average molecular weight is 432 g/mol. The summed E-state index contributed by atoms with van der Waals surface area (Å²) >= 11 is 0. The van der Waals surface area contributed by atoms with Crippen molar-refractivity contribution in [1.29, 1.82) is 0 Å². The predicted molar refractivity (Wildman–Crippen MR) is 111 cm³/mol. The second-order valence-electron chi connectivity index (χ2n) is 6.84. The number of ether oxygens (including phenoxy) is 2. The normalized spacial score (nSPS) is 14.9. The Morgan fingerprint density at radius 1 is 1.03 bits per heavy atom. The van der Waals surface area contributed by atoms with Crippen LogP contribution >= 0.6 is 0 Å². The molecular weight excluding hydrogens is 408 g/mol. The zero-order valence-corrected chi connectivity index (χ0v) is 17.5. The van der Waals surface area contributed by atoms with E-state index in [1.165, 1.54) is 17.5 Å². The van der Waals surface area contributed by atoms with Crippen LogP contribution in [0.15, 0.2) is 48.5 Å². The van der Waals surface area contributed by atoms with Crippen LogP contribution in [-0.2, 0) is 20.6 Å². The van der Waals surface area contributed by atoms with Crippen LogP contribution < -0.4 is 9.47 Å². The first kappa shape index (κ1) is 21.8. The van der Waals surface area contributed by atoms with Gasteiger partial charge in [-0.2, -0.15) is 4.31 Å². The van der Waals surface area contributed by atoms with E-state index in [-0.39, 0.29) is 31.4 Å². The minimum absolute atomic E-state index is 0.0541. The van der Waals surface area contributed by atoms with Crippen molar-refractivity contribution < 1.29 is 27.5 Å². The Morgan fingerprint density at radius 3 is 2.37 bits per heavy atom. The van der Waals surface area contributed by atoms with Crippen molar-refractivity contribution >= 4 is 22.2 Å². The molecule has 0 N–H and O–H groups in total. The second kappa shape index (κ2) is 9.73. The topological polar surface area (TPSA) is 93.2 Å². The summed E-state index contributed by atoms with van der Waals surface area (Å²) < 4.78 is 37.4. The van der Waals surface area contributed by atoms with Crippen LogP contribution in [0.1, 0.15) is 15.9 Å². The van der Waals surface area contributed by atoms with Gasteiger partial charge in [0.15, 0.2) is 18.1 Å². The maximum atomic E-state index is 12.6. The predicted octanol–water partition coefficient (Wildman–Crippen LogP) is 1.56. The molecule has 2 aromatic carbocycles. The molecule has 3 rings (SSSR count). The number of sulfonamides is 1. The fourth-order valence-corrected chi connectivity index (χ4v) is 4.72. The van der Waals surface area contributed by atoms with Crippen LogP contribution in [0, 0.1) is 0 Å². The molecule has 0 radical (unpaired) electrons. The van der Waals surface area contributed by atoms with Crippen molar-refractivity contribution in [3.8, 4) is 11.5 Å². The van der Waals surface area contributed by atoms with Crippen LogP contribution in [0.25, 0.3) is 0 Å². The number of carbonyl (C=O) groups is 2. The Kier molecular flexibility index (Phi) is 7.07. The first-order valence-corrected chi connectivity index (χ1v) is 11.1. The lowest BCUT2D eigenvalue weighted by atomic mass is 10.2. The zero-order valence-electron chi connectivity index (χ0n) is 16.7. The summed E-state index contributed by atoms with van der Waals surface area (Å²) in [6.07, 6.45) is 0.697. The highest BCUT2D eigenvalue weighted by Gasteiger charge is 2.29. The SMILES string of the molecule is COc1cc(C=O)ccc1OCC(=O)N1CCN(S(=O)(=O)Cc2ccccc2)CC1. The molecule has 0 saturated carbocycles. The highest BCUT2D eigenvalue weighted by molar-refractivity contribution is 7.88. The summed E-state index contributed by atoms with van der Waals surface area (Å²) in [6.45, 7) is 0.902. The second-order valence-corrected chi connectivity index (χ2v) is 8.81. The van der Waals surface area contributed by atoms with Crippen molar-refractivity contribution in [1.82, 2.24) is 9.21 Å². The Bertz CT molecular complexity index is 986. The number of carbonyl (C=O) groups excluding carboxylic acids is 2. The lowest BCUT2D eigenvalue weighted by Crippen LogP contribution is -2.51. The Labute approximate surface area is 176 Å². The van der Waals surface area contributed by atoms with Gasteiger partial charge in [-0.25, -0.2) is 8.42 Å². The van der Waals surface area contributed by atoms with Crippen molar-refractivity contribution in [2.45, 2.75) is 5.75 Å². The molecule has 1 fully saturated rings. The molecule has 0 bridgehead atoms. The van der Waals surface area contributed by atoms with E-state index < -0.39 is 10.0 Å². The number of nitrogens with zero attached hydrogens (tertiary/aromatic N) is 2. The third-order valence-corrected chi connectivity index (χ3v) is 6.70. The molecule has 8 nitrogen and oxygen atoms in total. The molecule has 0 aromatic heterocycles. The van der Waals surface area contributed by atoms with Gasteiger partial charge >= 0.3 is 0 Å². The lowest BCUT2D eigenvalue weighted by Gasteiger charge is -2.34. The zero-order chi connectivity index (χ0) is 21.6. The Morgan fingerprint density at radius 2 is 1.73 bits per heavy atom. The minimum Gasteiger partial charge on any atom is -0.493 e. The number of amides is 1. The maximum absolute atomic E-state index is 12.6. The van der Waals surface area contributed by atoms with Gasteiger partial charge in [-0.1, -0.05) is 30.3 Å². The van der Waals surface area contributed by atoms with Gasteiger partial charge in [-0.15, -0.1) is 0 Å². The van der Waals surface area contributed by atoms with Crippen molar-refractivity contribution in [2.75, 3.05) is 39.9 Å². The van der Waals surface area contributed by atoms with Gasteiger partial charge in [-0.05, 0) is 23.8 Å². The molecule has 1 aliphatic heterocycles. The van der Waals surface area contributed by atoms with E-state index in [2.05, 4.69) is 0 Å². The van der Waals surface area contributed by atoms with Crippen molar-refractivity contribution in [3.05, 3.63) is 59.7 Å². The summed E-state index contributed by atoms with van der Waals surface area (Å²) in [6, 6.07) is 13.7. The summed E-state index contributed by atoms with van der Waals surface area (Å²) in [7, 11) is -1.99. The van der Waals surface area contributed by atoms with E-state index in [0.717, 1.165) is 5.56 Å². The first-order valence-electron chi connectivity index (χ1n) is 9.48. The van der Waals surface area contributed by atoms with E-state index in [4.69, 9.17) is 9.47 Å². The fourth-order valence-electron chi connectivity index (χ4n) is 3.20. The van der Waals surface area contributed by atoms with Crippen LogP contribution in [0.2, 0.25) is 0 Å². The molecule has 0 atom stereocenters. The number of benzene rings is 2. The molecule has 1 amide bonds. The van der Waals surface area contributed by atoms with E-state index >= 15 is 0 Å². The number of aldehydes is 1. The van der Waals surface area contributed by atoms with Gasteiger partial charge in [0.2, 0.25) is 10.0 Å². The molecule has 0 spiro atoms. The third kappa shape index (κ3) is 5.37. The van der Waals surface area contributed by atoms with Gasteiger partial charge in [0.25, 0.3) is 5.91 Å². The summed E-state index contributed by atoms with van der Waals surface area (Å²) in [5.41, 5.74) is 1.18. The number of hydrogen-bond donors (Lipinski definition) is 0. The van der Waals surface area contributed by atoms with E-state index in [1.54, 1.807) is 29.2 Å². The largest absolute Gasteiger partial charge is 0.493 e. The molecule has 9 heteroatoms. The molecule has 1 heterocycles. The minimum atomic E-state index is -3.44. The third-order valence-electron chi connectivity index (χ3n) is 4.85. The van der Waals surface area contributed by atoms with Crippen LogP contribution in [0.5, 0.6) is 11.5 Å². The lowest BCUT2D eigenvalue weighted by molar-refractivity contribution is -0.134. The van der Waals surface area contributed by atoms with Gasteiger partial charge in [0.05, 0.1) is 12.9 Å². The fraction of sp³-hybridized carbons (Fsp3) is 0.333. The molecule has 160 valence electrons. The summed E-state index contributed by atoms with van der Waals surface area (Å²) in [4.78, 5) is 24.9. The number of rotatable bonds is 8. The molecule has 0 aliphatic carbocycles. The Hall–Kier alpha value is -2.91. The number of piperazine rings is 1. The van der Waals surface area contributed by atoms with Crippen molar-refractivity contribution in [2.24, 2.45) is 0 Å². The quantitative estimate of drug-likeness (QED) is 0.588. The standard InChI is InChI=1S/C21H24N2O6S/c1-28-20-13-18(14-24)7-8-19(20)29-15-21(25)22-9-11-23(12-10-22)30(26,27)16-17-5-3-2-4-6-17/h2-8,13-14H,9-12,15-16H2,1H3. The number of methoxy groups -OCH3 is 1. The highest BCUT2D eigenvalue weighted by Crippen LogP contribution is 2.27. The van der Waals surface area contributed by atoms with Gasteiger partial charge < -0.3 is 14.4 Å². The van der Waals surface area contributed by atoms with Crippen LogP contribution in [-0.4, -0.2) is 69.7 Å². The van der Waals surface area contributed by atoms with E-state index in [9.17, 15) is 18.0 Å². The molecule has 0 unspecified atom stereocenters. The summed E-state index contributed by atoms with van der Waals surface area (Å²) in [5, 5.41) is 0. The molecule has 1 aliphatic rings. The average Bonchev–Trinajstić information content (AvgIpc) is 2.77.